The van der Waals surface area contributed by atoms with Gasteiger partial charge in [0.2, 0.25) is 5.91 Å². The van der Waals surface area contributed by atoms with Gasteiger partial charge in [-0.2, -0.15) is 0 Å². The summed E-state index contributed by atoms with van der Waals surface area (Å²) < 4.78 is 0. The second kappa shape index (κ2) is 10.4. The molecule has 0 fully saturated rings. The highest BCUT2D eigenvalue weighted by Crippen LogP contribution is 2.12. The van der Waals surface area contributed by atoms with E-state index in [4.69, 9.17) is 0 Å². The Bertz CT molecular complexity index is 712. The predicted molar refractivity (Wildman–Crippen MR) is 103 cm³/mol. The molecule has 0 spiro atoms. The van der Waals surface area contributed by atoms with Crippen LogP contribution in [0.25, 0.3) is 0 Å². The van der Waals surface area contributed by atoms with E-state index in [0.29, 0.717) is 18.4 Å². The molecule has 0 aromatic heterocycles. The Morgan fingerprint density at radius 2 is 1.65 bits per heavy atom. The summed E-state index contributed by atoms with van der Waals surface area (Å²) in [6, 6.07) is 17.3. The molecule has 1 atom stereocenters. The van der Waals surface area contributed by atoms with Gasteiger partial charge in [0.25, 0.3) is 0 Å². The number of carbonyl (C=O) groups is 2. The van der Waals surface area contributed by atoms with E-state index < -0.39 is 5.97 Å². The van der Waals surface area contributed by atoms with Gasteiger partial charge in [-0.05, 0) is 42.9 Å². The van der Waals surface area contributed by atoms with Crippen LogP contribution in [-0.4, -0.2) is 23.0 Å². The van der Waals surface area contributed by atoms with Crippen LogP contribution in [0.15, 0.2) is 54.6 Å². The van der Waals surface area contributed by atoms with Gasteiger partial charge in [-0.1, -0.05) is 61.9 Å². The first kappa shape index (κ1) is 19.7. The third-order valence-corrected chi connectivity index (χ3v) is 4.50. The number of carbonyl (C=O) groups excluding carboxylic acids is 1. The van der Waals surface area contributed by atoms with Crippen LogP contribution >= 0.6 is 0 Å². The molecular weight excluding hydrogens is 326 g/mol. The maximum Gasteiger partial charge on any atom is 0.335 e. The topological polar surface area (TPSA) is 66.4 Å². The van der Waals surface area contributed by atoms with Crippen LogP contribution in [0, 0.1) is 0 Å². The molecule has 1 unspecified atom stereocenters. The van der Waals surface area contributed by atoms with Crippen LogP contribution in [0.4, 0.5) is 0 Å². The fourth-order valence-electron chi connectivity index (χ4n) is 3.12. The number of aromatic carboxylic acids is 1. The SMILES string of the molecule is CCCC(CCc1ccccc1)NC(=O)CCc1ccccc1C(=O)O. The molecule has 138 valence electrons. The van der Waals surface area contributed by atoms with Crippen molar-refractivity contribution in [3.63, 3.8) is 0 Å². The van der Waals surface area contributed by atoms with Crippen LogP contribution in [0.3, 0.4) is 0 Å². The largest absolute Gasteiger partial charge is 0.478 e. The molecule has 0 heterocycles. The van der Waals surface area contributed by atoms with Gasteiger partial charge in [0.05, 0.1) is 5.56 Å². The monoisotopic (exact) mass is 353 g/mol. The summed E-state index contributed by atoms with van der Waals surface area (Å²) in [5, 5.41) is 12.3. The number of aryl methyl sites for hydroxylation is 2. The third kappa shape index (κ3) is 6.36. The summed E-state index contributed by atoms with van der Waals surface area (Å²) in [4.78, 5) is 23.6. The van der Waals surface area contributed by atoms with Crippen molar-refractivity contribution in [3.05, 3.63) is 71.3 Å². The Labute approximate surface area is 155 Å². The first-order chi connectivity index (χ1) is 12.6. The van der Waals surface area contributed by atoms with Crippen molar-refractivity contribution in [2.75, 3.05) is 0 Å². The van der Waals surface area contributed by atoms with Crippen molar-refractivity contribution in [3.8, 4) is 0 Å². The summed E-state index contributed by atoms with van der Waals surface area (Å²) in [5.41, 5.74) is 2.25. The lowest BCUT2D eigenvalue weighted by atomic mass is 10.0. The number of hydrogen-bond acceptors (Lipinski definition) is 2. The van der Waals surface area contributed by atoms with E-state index in [1.807, 2.05) is 18.2 Å². The van der Waals surface area contributed by atoms with Crippen molar-refractivity contribution in [2.24, 2.45) is 0 Å². The Hall–Kier alpha value is -2.62. The van der Waals surface area contributed by atoms with Gasteiger partial charge < -0.3 is 10.4 Å². The van der Waals surface area contributed by atoms with Crippen LogP contribution in [0.5, 0.6) is 0 Å². The molecule has 4 nitrogen and oxygen atoms in total. The van der Waals surface area contributed by atoms with Crippen LogP contribution in [0.1, 0.15) is 54.1 Å². The standard InChI is InChI=1S/C22H27NO3/c1-2-8-19(15-13-17-9-4-3-5-10-17)23-21(24)16-14-18-11-6-7-12-20(18)22(25)26/h3-7,9-12,19H,2,8,13-16H2,1H3,(H,23,24)(H,25,26). The summed E-state index contributed by atoms with van der Waals surface area (Å²) in [6.07, 6.45) is 4.55. The van der Waals surface area contributed by atoms with Crippen molar-refractivity contribution in [1.82, 2.24) is 5.32 Å². The Morgan fingerprint density at radius 3 is 2.35 bits per heavy atom. The highest BCUT2D eigenvalue weighted by atomic mass is 16.4. The average molecular weight is 353 g/mol. The van der Waals surface area contributed by atoms with Gasteiger partial charge in [-0.15, -0.1) is 0 Å². The number of rotatable bonds is 10. The molecule has 0 saturated carbocycles. The number of amides is 1. The van der Waals surface area contributed by atoms with Gasteiger partial charge in [-0.25, -0.2) is 4.79 Å². The minimum absolute atomic E-state index is 0.0169. The van der Waals surface area contributed by atoms with E-state index in [9.17, 15) is 14.7 Å². The zero-order valence-electron chi connectivity index (χ0n) is 15.3. The lowest BCUT2D eigenvalue weighted by molar-refractivity contribution is -0.121. The highest BCUT2D eigenvalue weighted by Gasteiger charge is 2.14. The first-order valence-corrected chi connectivity index (χ1v) is 9.24. The van der Waals surface area contributed by atoms with Crippen molar-refractivity contribution in [2.45, 2.75) is 51.5 Å². The molecule has 2 aromatic rings. The Morgan fingerprint density at radius 1 is 0.962 bits per heavy atom. The third-order valence-electron chi connectivity index (χ3n) is 4.50. The fourth-order valence-corrected chi connectivity index (χ4v) is 3.12. The summed E-state index contributed by atoms with van der Waals surface area (Å²) in [6.45, 7) is 2.12. The lowest BCUT2D eigenvalue weighted by Crippen LogP contribution is -2.35. The molecule has 0 aliphatic heterocycles. The summed E-state index contributed by atoms with van der Waals surface area (Å²) >= 11 is 0. The minimum Gasteiger partial charge on any atom is -0.478 e. The molecule has 2 aromatic carbocycles. The number of hydrogen-bond donors (Lipinski definition) is 2. The van der Waals surface area contributed by atoms with E-state index in [2.05, 4.69) is 24.4 Å². The Balaban J connectivity index is 1.86. The van der Waals surface area contributed by atoms with E-state index in [-0.39, 0.29) is 17.5 Å². The summed E-state index contributed by atoms with van der Waals surface area (Å²) in [5.74, 6) is -0.968. The zero-order chi connectivity index (χ0) is 18.8. The maximum atomic E-state index is 12.3. The van der Waals surface area contributed by atoms with E-state index in [0.717, 1.165) is 25.7 Å². The summed E-state index contributed by atoms with van der Waals surface area (Å²) in [7, 11) is 0. The first-order valence-electron chi connectivity index (χ1n) is 9.24. The Kier molecular flexibility index (Phi) is 7.87. The van der Waals surface area contributed by atoms with Gasteiger partial charge in [-0.3, -0.25) is 4.79 Å². The normalized spacial score (nSPS) is 11.7. The number of carboxylic acid groups (broad SMARTS) is 1. The molecule has 1 amide bonds. The number of benzene rings is 2. The maximum absolute atomic E-state index is 12.3. The van der Waals surface area contributed by atoms with Gasteiger partial charge >= 0.3 is 5.97 Å². The average Bonchev–Trinajstić information content (AvgIpc) is 2.65. The van der Waals surface area contributed by atoms with Crippen LogP contribution < -0.4 is 5.32 Å². The zero-order valence-corrected chi connectivity index (χ0v) is 15.3. The fraction of sp³-hybridized carbons (Fsp3) is 0.364. The van der Waals surface area contributed by atoms with Gasteiger partial charge in [0, 0.05) is 12.5 Å². The van der Waals surface area contributed by atoms with Gasteiger partial charge in [0.15, 0.2) is 0 Å². The van der Waals surface area contributed by atoms with Crippen molar-refractivity contribution < 1.29 is 14.7 Å². The molecule has 0 aliphatic rings. The molecule has 2 rings (SSSR count). The van der Waals surface area contributed by atoms with Crippen molar-refractivity contribution >= 4 is 11.9 Å². The molecule has 0 bridgehead atoms. The van der Waals surface area contributed by atoms with E-state index >= 15 is 0 Å². The second-order valence-electron chi connectivity index (χ2n) is 6.54. The smallest absolute Gasteiger partial charge is 0.335 e. The molecular formula is C22H27NO3. The molecule has 2 N–H and O–H groups in total. The van der Waals surface area contributed by atoms with Gasteiger partial charge in [0.1, 0.15) is 0 Å². The lowest BCUT2D eigenvalue weighted by Gasteiger charge is -2.18. The van der Waals surface area contributed by atoms with Crippen LogP contribution in [-0.2, 0) is 17.6 Å². The molecule has 4 heteroatoms. The molecule has 26 heavy (non-hydrogen) atoms. The minimum atomic E-state index is -0.951. The predicted octanol–water partition coefficient (Wildman–Crippen LogP) is 4.24. The van der Waals surface area contributed by atoms with Crippen LogP contribution in [0.2, 0.25) is 0 Å². The number of carboxylic acids is 1. The van der Waals surface area contributed by atoms with E-state index in [1.165, 1.54) is 5.56 Å². The quantitative estimate of drug-likeness (QED) is 0.671. The molecule has 0 radical (unpaired) electrons. The highest BCUT2D eigenvalue weighted by molar-refractivity contribution is 5.89. The van der Waals surface area contributed by atoms with Crippen molar-refractivity contribution in [1.29, 1.82) is 0 Å². The number of nitrogens with one attached hydrogen (secondary N) is 1. The second-order valence-corrected chi connectivity index (χ2v) is 6.54. The molecule has 0 aliphatic carbocycles. The van der Waals surface area contributed by atoms with E-state index in [1.54, 1.807) is 24.3 Å². The molecule has 0 saturated heterocycles.